The van der Waals surface area contributed by atoms with Crippen molar-refractivity contribution in [2.45, 2.75) is 12.6 Å². The van der Waals surface area contributed by atoms with E-state index in [2.05, 4.69) is 5.32 Å². The molecule has 0 aromatic heterocycles. The van der Waals surface area contributed by atoms with Gasteiger partial charge in [-0.25, -0.2) is 0 Å². The van der Waals surface area contributed by atoms with Crippen LogP contribution in [-0.2, 0) is 16.0 Å². The molecule has 1 aromatic carbocycles. The van der Waals surface area contributed by atoms with Crippen LogP contribution in [0.1, 0.15) is 5.56 Å². The van der Waals surface area contributed by atoms with Crippen molar-refractivity contribution < 1.29 is 9.47 Å². The molecule has 3 nitrogen and oxygen atoms in total. The van der Waals surface area contributed by atoms with Gasteiger partial charge in [0.15, 0.2) is 0 Å². The van der Waals surface area contributed by atoms with Crippen molar-refractivity contribution in [2.75, 3.05) is 26.4 Å². The summed E-state index contributed by atoms with van der Waals surface area (Å²) in [7, 11) is 0. The van der Waals surface area contributed by atoms with Gasteiger partial charge in [0.2, 0.25) is 0 Å². The van der Waals surface area contributed by atoms with Crippen molar-refractivity contribution in [3.05, 3.63) is 34.9 Å². The second-order valence-corrected chi connectivity index (χ2v) is 4.20. The van der Waals surface area contributed by atoms with Gasteiger partial charge in [0.05, 0.1) is 25.9 Å². The average Bonchev–Trinajstić information content (AvgIpc) is 2.33. The highest BCUT2D eigenvalue weighted by Gasteiger charge is 2.13. The van der Waals surface area contributed by atoms with Crippen LogP contribution in [0.4, 0.5) is 0 Å². The molecule has 1 unspecified atom stereocenters. The third kappa shape index (κ3) is 3.46. The van der Waals surface area contributed by atoms with Crippen molar-refractivity contribution in [1.29, 1.82) is 0 Å². The largest absolute Gasteiger partial charge is 0.376 e. The first-order chi connectivity index (χ1) is 7.86. The van der Waals surface area contributed by atoms with E-state index in [0.29, 0.717) is 19.8 Å². The van der Waals surface area contributed by atoms with E-state index in [4.69, 9.17) is 21.1 Å². The lowest BCUT2D eigenvalue weighted by Crippen LogP contribution is -2.37. The maximum Gasteiger partial charge on any atom is 0.0933 e. The Morgan fingerprint density at radius 3 is 2.94 bits per heavy atom. The third-order valence-corrected chi connectivity index (χ3v) is 2.90. The van der Waals surface area contributed by atoms with E-state index in [-0.39, 0.29) is 6.10 Å². The van der Waals surface area contributed by atoms with E-state index in [9.17, 15) is 0 Å². The lowest BCUT2D eigenvalue weighted by Gasteiger charge is -2.23. The van der Waals surface area contributed by atoms with Crippen LogP contribution in [0, 0.1) is 0 Å². The Kier molecular flexibility index (Phi) is 4.60. The smallest absolute Gasteiger partial charge is 0.0933 e. The molecule has 4 heteroatoms. The second-order valence-electron chi connectivity index (χ2n) is 3.79. The topological polar surface area (TPSA) is 30.5 Å². The summed E-state index contributed by atoms with van der Waals surface area (Å²) in [5, 5.41) is 4.12. The van der Waals surface area contributed by atoms with Crippen LogP contribution in [0.2, 0.25) is 5.02 Å². The van der Waals surface area contributed by atoms with Gasteiger partial charge in [-0.1, -0.05) is 29.8 Å². The van der Waals surface area contributed by atoms with Gasteiger partial charge in [-0.2, -0.15) is 0 Å². The standard InChI is InChI=1S/C12H16ClNO2/c13-12-4-2-1-3-10(12)7-14-8-11-9-15-5-6-16-11/h1-4,11,14H,5-9H2. The van der Waals surface area contributed by atoms with Crippen molar-refractivity contribution in [1.82, 2.24) is 5.32 Å². The number of halogens is 1. The molecular formula is C12H16ClNO2. The van der Waals surface area contributed by atoms with Crippen LogP contribution in [0.3, 0.4) is 0 Å². The quantitative estimate of drug-likeness (QED) is 0.873. The second kappa shape index (κ2) is 6.21. The molecule has 1 heterocycles. The van der Waals surface area contributed by atoms with Crippen LogP contribution in [0.25, 0.3) is 0 Å². The zero-order valence-corrected chi connectivity index (χ0v) is 9.87. The Balaban J connectivity index is 1.73. The molecule has 1 fully saturated rings. The molecule has 1 atom stereocenters. The Labute approximate surface area is 101 Å². The number of ether oxygens (including phenoxy) is 2. The van der Waals surface area contributed by atoms with Gasteiger partial charge < -0.3 is 14.8 Å². The molecule has 1 aliphatic rings. The molecule has 1 saturated heterocycles. The number of hydrogen-bond acceptors (Lipinski definition) is 3. The first kappa shape index (κ1) is 11.9. The summed E-state index contributed by atoms with van der Waals surface area (Å²) in [6.45, 7) is 3.64. The SMILES string of the molecule is Clc1ccccc1CNCC1COCCO1. The fraction of sp³-hybridized carbons (Fsp3) is 0.500. The normalized spacial score (nSPS) is 20.9. The first-order valence-electron chi connectivity index (χ1n) is 5.50. The van der Waals surface area contributed by atoms with Gasteiger partial charge in [0.25, 0.3) is 0 Å². The maximum absolute atomic E-state index is 6.05. The van der Waals surface area contributed by atoms with E-state index in [1.54, 1.807) is 0 Å². The van der Waals surface area contributed by atoms with Gasteiger partial charge in [-0.05, 0) is 11.6 Å². The summed E-state index contributed by atoms with van der Waals surface area (Å²) < 4.78 is 10.8. The molecule has 2 rings (SSSR count). The van der Waals surface area contributed by atoms with E-state index in [0.717, 1.165) is 23.7 Å². The van der Waals surface area contributed by atoms with Crippen LogP contribution in [0.5, 0.6) is 0 Å². The summed E-state index contributed by atoms with van der Waals surface area (Å²) in [4.78, 5) is 0. The lowest BCUT2D eigenvalue weighted by atomic mass is 10.2. The predicted octanol–water partition coefficient (Wildman–Crippen LogP) is 1.84. The van der Waals surface area contributed by atoms with Gasteiger partial charge in [0, 0.05) is 18.1 Å². The van der Waals surface area contributed by atoms with E-state index in [1.807, 2.05) is 24.3 Å². The van der Waals surface area contributed by atoms with Crippen LogP contribution in [-0.4, -0.2) is 32.5 Å². The summed E-state index contributed by atoms with van der Waals surface area (Å²) >= 11 is 6.05. The van der Waals surface area contributed by atoms with Crippen molar-refractivity contribution >= 4 is 11.6 Å². The minimum Gasteiger partial charge on any atom is -0.376 e. The Morgan fingerprint density at radius 1 is 1.31 bits per heavy atom. The Hall–Kier alpha value is -0.610. The van der Waals surface area contributed by atoms with Crippen molar-refractivity contribution in [2.24, 2.45) is 0 Å². The molecule has 0 bridgehead atoms. The van der Waals surface area contributed by atoms with Crippen LogP contribution in [0.15, 0.2) is 24.3 Å². The zero-order chi connectivity index (χ0) is 11.2. The summed E-state index contributed by atoms with van der Waals surface area (Å²) in [6, 6.07) is 7.85. The molecule has 1 aliphatic heterocycles. The molecule has 0 saturated carbocycles. The molecule has 0 amide bonds. The first-order valence-corrected chi connectivity index (χ1v) is 5.87. The maximum atomic E-state index is 6.05. The van der Waals surface area contributed by atoms with E-state index >= 15 is 0 Å². The van der Waals surface area contributed by atoms with Gasteiger partial charge in [-0.15, -0.1) is 0 Å². The minimum atomic E-state index is 0.163. The summed E-state index contributed by atoms with van der Waals surface area (Å²) in [5.41, 5.74) is 1.11. The molecule has 1 N–H and O–H groups in total. The number of rotatable bonds is 4. The molecule has 1 aromatic rings. The van der Waals surface area contributed by atoms with E-state index in [1.165, 1.54) is 0 Å². The Morgan fingerprint density at radius 2 is 2.19 bits per heavy atom. The molecule has 0 radical (unpaired) electrons. The van der Waals surface area contributed by atoms with Crippen molar-refractivity contribution in [3.63, 3.8) is 0 Å². The Bertz CT molecular complexity index is 327. The van der Waals surface area contributed by atoms with E-state index < -0.39 is 0 Å². The number of nitrogens with one attached hydrogen (secondary N) is 1. The van der Waals surface area contributed by atoms with Gasteiger partial charge in [-0.3, -0.25) is 0 Å². The molecule has 16 heavy (non-hydrogen) atoms. The predicted molar refractivity (Wildman–Crippen MR) is 63.7 cm³/mol. The van der Waals surface area contributed by atoms with Gasteiger partial charge in [0.1, 0.15) is 0 Å². The molecular weight excluding hydrogens is 226 g/mol. The monoisotopic (exact) mass is 241 g/mol. The minimum absolute atomic E-state index is 0.163. The van der Waals surface area contributed by atoms with Crippen LogP contribution < -0.4 is 5.32 Å². The highest BCUT2D eigenvalue weighted by Crippen LogP contribution is 2.14. The van der Waals surface area contributed by atoms with Gasteiger partial charge >= 0.3 is 0 Å². The van der Waals surface area contributed by atoms with Crippen LogP contribution >= 0.6 is 11.6 Å². The van der Waals surface area contributed by atoms with Crippen molar-refractivity contribution in [3.8, 4) is 0 Å². The molecule has 0 spiro atoms. The lowest BCUT2D eigenvalue weighted by molar-refractivity contribution is -0.0864. The molecule has 0 aliphatic carbocycles. The fourth-order valence-electron chi connectivity index (χ4n) is 1.66. The highest BCUT2D eigenvalue weighted by atomic mass is 35.5. The number of benzene rings is 1. The average molecular weight is 242 g/mol. The fourth-order valence-corrected chi connectivity index (χ4v) is 1.87. The zero-order valence-electron chi connectivity index (χ0n) is 9.12. The number of hydrogen-bond donors (Lipinski definition) is 1. The highest BCUT2D eigenvalue weighted by molar-refractivity contribution is 6.31. The molecule has 88 valence electrons. The third-order valence-electron chi connectivity index (χ3n) is 2.53. The summed E-state index contributed by atoms with van der Waals surface area (Å²) in [5.74, 6) is 0. The summed E-state index contributed by atoms with van der Waals surface area (Å²) in [6.07, 6.45) is 0.163.